The molecule has 0 aromatic heterocycles. The van der Waals surface area contributed by atoms with E-state index < -0.39 is 34.5 Å². The van der Waals surface area contributed by atoms with Gasteiger partial charge in [-0.05, 0) is 25.0 Å². The number of nitrogens with zero attached hydrogens (tertiary/aromatic N) is 2. The zero-order valence-corrected chi connectivity index (χ0v) is 11.8. The van der Waals surface area contributed by atoms with E-state index in [0.717, 1.165) is 11.0 Å². The smallest absolute Gasteiger partial charge is 0.416 e. The van der Waals surface area contributed by atoms with Crippen molar-refractivity contribution in [2.75, 3.05) is 18.4 Å². The van der Waals surface area contributed by atoms with E-state index in [2.05, 4.69) is 5.32 Å². The molecule has 7 nitrogen and oxygen atoms in total. The maximum Gasteiger partial charge on any atom is 0.416 e. The van der Waals surface area contributed by atoms with Crippen LogP contribution in [0, 0.1) is 10.1 Å². The van der Waals surface area contributed by atoms with Crippen LogP contribution in [0.4, 0.5) is 29.3 Å². The molecule has 0 aliphatic carbocycles. The number of amides is 1. The fraction of sp³-hybridized carbons (Fsp3) is 0.462. The minimum atomic E-state index is -4.62. The molecule has 23 heavy (non-hydrogen) atoms. The highest BCUT2D eigenvalue weighted by molar-refractivity contribution is 5.66. The largest absolute Gasteiger partial charge is 0.465 e. The molecule has 1 atom stereocenters. The number of rotatable bonds is 3. The van der Waals surface area contributed by atoms with E-state index in [1.54, 1.807) is 0 Å². The topological polar surface area (TPSA) is 95.7 Å². The Balaban J connectivity index is 2.26. The van der Waals surface area contributed by atoms with Gasteiger partial charge in [-0.1, -0.05) is 0 Å². The van der Waals surface area contributed by atoms with Crippen molar-refractivity contribution in [3.8, 4) is 0 Å². The van der Waals surface area contributed by atoms with Gasteiger partial charge >= 0.3 is 12.3 Å². The highest BCUT2D eigenvalue weighted by Crippen LogP contribution is 2.35. The van der Waals surface area contributed by atoms with Crippen molar-refractivity contribution in [3.05, 3.63) is 33.9 Å². The summed E-state index contributed by atoms with van der Waals surface area (Å²) in [5.41, 5.74) is -1.75. The highest BCUT2D eigenvalue weighted by Gasteiger charge is 2.33. The first-order valence-corrected chi connectivity index (χ1v) is 6.78. The molecule has 0 saturated carbocycles. The Bertz CT molecular complexity index is 621. The molecule has 1 aliphatic heterocycles. The van der Waals surface area contributed by atoms with Crippen LogP contribution < -0.4 is 5.32 Å². The van der Waals surface area contributed by atoms with Gasteiger partial charge in [0.1, 0.15) is 5.69 Å². The summed E-state index contributed by atoms with van der Waals surface area (Å²) in [6.45, 7) is 0.390. The molecule has 1 amide bonds. The molecule has 1 saturated heterocycles. The third-order valence-corrected chi connectivity index (χ3v) is 3.57. The van der Waals surface area contributed by atoms with Gasteiger partial charge in [0.2, 0.25) is 0 Å². The summed E-state index contributed by atoms with van der Waals surface area (Å²) in [4.78, 5) is 22.3. The first-order chi connectivity index (χ1) is 10.7. The van der Waals surface area contributed by atoms with Gasteiger partial charge in [0.25, 0.3) is 5.69 Å². The van der Waals surface area contributed by atoms with Gasteiger partial charge in [-0.2, -0.15) is 13.2 Å². The number of anilines is 1. The lowest BCUT2D eigenvalue weighted by atomic mass is 10.0. The first-order valence-electron chi connectivity index (χ1n) is 6.78. The zero-order chi connectivity index (χ0) is 17.2. The molecule has 2 N–H and O–H groups in total. The summed E-state index contributed by atoms with van der Waals surface area (Å²) >= 11 is 0. The fourth-order valence-electron chi connectivity index (χ4n) is 2.48. The molecular weight excluding hydrogens is 319 g/mol. The number of benzene rings is 1. The number of likely N-dealkylation sites (tertiary alicyclic amines) is 1. The van der Waals surface area contributed by atoms with E-state index in [1.165, 1.54) is 0 Å². The average Bonchev–Trinajstić information content (AvgIpc) is 2.46. The second-order valence-electron chi connectivity index (χ2n) is 5.20. The van der Waals surface area contributed by atoms with E-state index in [0.29, 0.717) is 31.5 Å². The van der Waals surface area contributed by atoms with E-state index in [-0.39, 0.29) is 12.2 Å². The second kappa shape index (κ2) is 6.31. The molecule has 0 bridgehead atoms. The number of carbonyl (C=O) groups is 1. The molecule has 10 heteroatoms. The third kappa shape index (κ3) is 4.02. The van der Waals surface area contributed by atoms with Crippen molar-refractivity contribution in [2.24, 2.45) is 0 Å². The molecule has 1 fully saturated rings. The number of nitrogens with one attached hydrogen (secondary N) is 1. The van der Waals surface area contributed by atoms with Crippen LogP contribution in [-0.2, 0) is 6.18 Å². The monoisotopic (exact) mass is 333 g/mol. The quantitative estimate of drug-likeness (QED) is 0.654. The van der Waals surface area contributed by atoms with Crippen LogP contribution in [-0.4, -0.2) is 40.2 Å². The number of nitro groups is 1. The summed E-state index contributed by atoms with van der Waals surface area (Å²) in [5, 5.41) is 22.6. The third-order valence-electron chi connectivity index (χ3n) is 3.57. The number of nitro benzene ring substituents is 1. The molecule has 1 aromatic rings. The maximum atomic E-state index is 12.8. The lowest BCUT2D eigenvalue weighted by Crippen LogP contribution is -2.44. The van der Waals surface area contributed by atoms with Crippen LogP contribution in [0.15, 0.2) is 18.2 Å². The predicted octanol–water partition coefficient (Wildman–Crippen LogP) is 3.17. The normalized spacial score (nSPS) is 18.6. The van der Waals surface area contributed by atoms with Gasteiger partial charge in [0.05, 0.1) is 10.5 Å². The minimum absolute atomic E-state index is 0.0583. The Morgan fingerprint density at radius 1 is 1.43 bits per heavy atom. The number of hydrogen-bond acceptors (Lipinski definition) is 4. The lowest BCUT2D eigenvalue weighted by Gasteiger charge is -2.31. The Morgan fingerprint density at radius 3 is 2.70 bits per heavy atom. The Labute approximate surface area is 128 Å². The second-order valence-corrected chi connectivity index (χ2v) is 5.20. The van der Waals surface area contributed by atoms with Crippen LogP contribution >= 0.6 is 0 Å². The van der Waals surface area contributed by atoms with E-state index >= 15 is 0 Å². The zero-order valence-electron chi connectivity index (χ0n) is 11.8. The van der Waals surface area contributed by atoms with E-state index in [9.17, 15) is 28.1 Å². The molecule has 2 rings (SSSR count). The van der Waals surface area contributed by atoms with Gasteiger partial charge in [0.15, 0.2) is 0 Å². The van der Waals surface area contributed by atoms with E-state index in [4.69, 9.17) is 5.11 Å². The Hall–Kier alpha value is -2.52. The molecule has 126 valence electrons. The molecule has 1 aliphatic rings. The molecule has 1 aromatic carbocycles. The average molecular weight is 333 g/mol. The van der Waals surface area contributed by atoms with Crippen molar-refractivity contribution in [2.45, 2.75) is 25.1 Å². The standard InChI is InChI=1S/C13H14F3N3O4/c14-13(15,16)8-3-4-11(19(22)23)10(6-8)17-9-2-1-5-18(7-9)12(20)21/h3-4,6,9,17H,1-2,5,7H2,(H,20,21)/t9-/m1/s1. The molecule has 0 spiro atoms. The van der Waals surface area contributed by atoms with Crippen molar-refractivity contribution in [1.82, 2.24) is 4.90 Å². The Morgan fingerprint density at radius 2 is 2.13 bits per heavy atom. The molecule has 0 unspecified atom stereocenters. The maximum absolute atomic E-state index is 12.8. The molecule has 0 radical (unpaired) electrons. The fourth-order valence-corrected chi connectivity index (χ4v) is 2.48. The summed E-state index contributed by atoms with van der Waals surface area (Å²) in [7, 11) is 0. The first kappa shape index (κ1) is 16.8. The van der Waals surface area contributed by atoms with Gasteiger partial charge in [-0.3, -0.25) is 10.1 Å². The van der Waals surface area contributed by atoms with Gasteiger partial charge < -0.3 is 15.3 Å². The highest BCUT2D eigenvalue weighted by atomic mass is 19.4. The predicted molar refractivity (Wildman–Crippen MR) is 74.3 cm³/mol. The number of hydrogen-bond donors (Lipinski definition) is 2. The minimum Gasteiger partial charge on any atom is -0.465 e. The SMILES string of the molecule is O=C(O)N1CCC[C@@H](Nc2cc(C(F)(F)F)ccc2[N+](=O)[O-])C1. The van der Waals surface area contributed by atoms with E-state index in [1.807, 2.05) is 0 Å². The summed E-state index contributed by atoms with van der Waals surface area (Å²) in [6, 6.07) is 1.64. The summed E-state index contributed by atoms with van der Waals surface area (Å²) in [5.74, 6) is 0. The molecule has 1 heterocycles. The van der Waals surface area contributed by atoms with Gasteiger partial charge in [-0.15, -0.1) is 0 Å². The number of halogens is 3. The number of piperidine rings is 1. The van der Waals surface area contributed by atoms with Crippen molar-refractivity contribution >= 4 is 17.5 Å². The van der Waals surface area contributed by atoms with Crippen molar-refractivity contribution in [1.29, 1.82) is 0 Å². The van der Waals surface area contributed by atoms with Crippen molar-refractivity contribution < 1.29 is 28.0 Å². The number of alkyl halides is 3. The Kier molecular flexibility index (Phi) is 4.62. The van der Waals surface area contributed by atoms with Crippen LogP contribution in [0.2, 0.25) is 0 Å². The van der Waals surface area contributed by atoms with Crippen LogP contribution in [0.3, 0.4) is 0 Å². The van der Waals surface area contributed by atoms with Gasteiger partial charge in [0, 0.05) is 25.2 Å². The van der Waals surface area contributed by atoms with Crippen LogP contribution in [0.1, 0.15) is 18.4 Å². The number of carboxylic acid groups (broad SMARTS) is 1. The van der Waals surface area contributed by atoms with Crippen LogP contribution in [0.5, 0.6) is 0 Å². The molecular formula is C13H14F3N3O4. The van der Waals surface area contributed by atoms with Crippen molar-refractivity contribution in [3.63, 3.8) is 0 Å². The summed E-state index contributed by atoms with van der Waals surface area (Å²) < 4.78 is 38.3. The van der Waals surface area contributed by atoms with Crippen LogP contribution in [0.25, 0.3) is 0 Å². The van der Waals surface area contributed by atoms with Gasteiger partial charge in [-0.25, -0.2) is 4.79 Å². The summed E-state index contributed by atoms with van der Waals surface area (Å²) in [6.07, 6.45) is -4.71. The lowest BCUT2D eigenvalue weighted by molar-refractivity contribution is -0.384.